The van der Waals surface area contributed by atoms with Gasteiger partial charge in [-0.15, -0.1) is 0 Å². The molecule has 6 nitrogen and oxygen atoms in total. The van der Waals surface area contributed by atoms with Gasteiger partial charge >= 0.3 is 5.97 Å². The standard InChI is InChI=1S/C17H23NO5/c1-10(9-19)11-4-6-17(7-5-11)8-13-14(23-18)3-2-12(16(20)21)15(13)22-17/h2-3,10-11,19H,4-9,18H2,1H3,(H,20,21). The van der Waals surface area contributed by atoms with E-state index in [4.69, 9.17) is 15.5 Å². The normalized spacial score (nSPS) is 27.3. The van der Waals surface area contributed by atoms with Crippen LogP contribution in [0.5, 0.6) is 11.5 Å². The van der Waals surface area contributed by atoms with E-state index in [0.717, 1.165) is 31.2 Å². The summed E-state index contributed by atoms with van der Waals surface area (Å²) >= 11 is 0. The van der Waals surface area contributed by atoms with Crippen molar-refractivity contribution >= 4 is 5.97 Å². The average molecular weight is 321 g/mol. The van der Waals surface area contributed by atoms with Crippen LogP contribution in [0.1, 0.15) is 48.5 Å². The predicted molar refractivity (Wildman–Crippen MR) is 83.5 cm³/mol. The van der Waals surface area contributed by atoms with Gasteiger partial charge in [-0.3, -0.25) is 0 Å². The third kappa shape index (κ3) is 2.77. The summed E-state index contributed by atoms with van der Waals surface area (Å²) in [5.74, 6) is 5.96. The molecule has 0 radical (unpaired) electrons. The van der Waals surface area contributed by atoms with Crippen molar-refractivity contribution in [1.29, 1.82) is 0 Å². The van der Waals surface area contributed by atoms with E-state index in [1.54, 1.807) is 6.07 Å². The Kier molecular flexibility index (Phi) is 4.21. The Bertz CT molecular complexity index is 607. The van der Waals surface area contributed by atoms with Crippen LogP contribution in [0.25, 0.3) is 0 Å². The molecule has 1 unspecified atom stereocenters. The van der Waals surface area contributed by atoms with E-state index in [0.29, 0.717) is 23.8 Å². The Hall–Kier alpha value is -1.79. The molecule has 0 bridgehead atoms. The van der Waals surface area contributed by atoms with Crippen molar-refractivity contribution in [2.24, 2.45) is 17.7 Å². The largest absolute Gasteiger partial charge is 0.486 e. The number of ether oxygens (including phenoxy) is 1. The fourth-order valence-electron chi connectivity index (χ4n) is 3.91. The molecule has 1 fully saturated rings. The van der Waals surface area contributed by atoms with Gasteiger partial charge in [0.15, 0.2) is 5.75 Å². The first-order valence-corrected chi connectivity index (χ1v) is 8.05. The van der Waals surface area contributed by atoms with Crippen LogP contribution in [-0.2, 0) is 6.42 Å². The van der Waals surface area contributed by atoms with Crippen LogP contribution < -0.4 is 15.5 Å². The first kappa shape index (κ1) is 16.1. The number of aliphatic hydroxyl groups excluding tert-OH is 1. The minimum atomic E-state index is -1.01. The molecule has 1 spiro atoms. The van der Waals surface area contributed by atoms with Crippen molar-refractivity contribution in [3.63, 3.8) is 0 Å². The van der Waals surface area contributed by atoms with Gasteiger partial charge in [0, 0.05) is 18.6 Å². The molecule has 1 saturated carbocycles. The van der Waals surface area contributed by atoms with E-state index in [1.165, 1.54) is 6.07 Å². The minimum Gasteiger partial charge on any atom is -0.486 e. The molecule has 3 rings (SSSR count). The average Bonchev–Trinajstić information content (AvgIpc) is 2.92. The van der Waals surface area contributed by atoms with E-state index in [-0.39, 0.29) is 23.7 Å². The van der Waals surface area contributed by atoms with Crippen molar-refractivity contribution in [3.05, 3.63) is 23.3 Å². The highest BCUT2D eigenvalue weighted by Crippen LogP contribution is 2.49. The Morgan fingerprint density at radius 3 is 2.74 bits per heavy atom. The number of benzene rings is 1. The first-order valence-electron chi connectivity index (χ1n) is 8.05. The van der Waals surface area contributed by atoms with Gasteiger partial charge < -0.3 is 19.8 Å². The van der Waals surface area contributed by atoms with Crippen molar-refractivity contribution in [2.75, 3.05) is 6.61 Å². The molecule has 1 aliphatic carbocycles. The van der Waals surface area contributed by atoms with Gasteiger partial charge in [-0.05, 0) is 49.7 Å². The monoisotopic (exact) mass is 321 g/mol. The molecule has 1 aromatic rings. The predicted octanol–water partition coefficient (Wildman–Crippen LogP) is 2.13. The van der Waals surface area contributed by atoms with Gasteiger partial charge in [-0.2, -0.15) is 5.90 Å². The van der Waals surface area contributed by atoms with Gasteiger partial charge in [-0.25, -0.2) is 4.79 Å². The lowest BCUT2D eigenvalue weighted by atomic mass is 9.73. The summed E-state index contributed by atoms with van der Waals surface area (Å²) in [5.41, 5.74) is 0.539. The summed E-state index contributed by atoms with van der Waals surface area (Å²) in [6.07, 6.45) is 4.25. The molecule has 126 valence electrons. The van der Waals surface area contributed by atoms with Crippen LogP contribution in [0.3, 0.4) is 0 Å². The first-order chi connectivity index (χ1) is 11.0. The lowest BCUT2D eigenvalue weighted by molar-refractivity contribution is 0.0189. The number of aliphatic hydroxyl groups is 1. The van der Waals surface area contributed by atoms with Gasteiger partial charge in [0.2, 0.25) is 0 Å². The molecule has 4 N–H and O–H groups in total. The quantitative estimate of drug-likeness (QED) is 0.734. The molecule has 2 aliphatic rings. The topological polar surface area (TPSA) is 102 Å². The van der Waals surface area contributed by atoms with Crippen molar-refractivity contribution in [2.45, 2.75) is 44.6 Å². The maximum absolute atomic E-state index is 11.4. The van der Waals surface area contributed by atoms with E-state index < -0.39 is 5.97 Å². The number of carbonyl (C=O) groups is 1. The number of rotatable bonds is 4. The summed E-state index contributed by atoms with van der Waals surface area (Å²) in [6, 6.07) is 3.06. The fourth-order valence-corrected chi connectivity index (χ4v) is 3.91. The van der Waals surface area contributed by atoms with Gasteiger partial charge in [0.1, 0.15) is 16.9 Å². The zero-order chi connectivity index (χ0) is 16.6. The summed E-state index contributed by atoms with van der Waals surface area (Å²) < 4.78 is 6.15. The van der Waals surface area contributed by atoms with Crippen LogP contribution in [0, 0.1) is 11.8 Å². The second-order valence-electron chi connectivity index (χ2n) is 6.80. The number of nitrogens with two attached hydrogens (primary N) is 1. The summed E-state index contributed by atoms with van der Waals surface area (Å²) in [6.45, 7) is 2.27. The van der Waals surface area contributed by atoms with E-state index >= 15 is 0 Å². The van der Waals surface area contributed by atoms with Crippen molar-refractivity contribution < 1.29 is 24.6 Å². The minimum absolute atomic E-state index is 0.156. The zero-order valence-corrected chi connectivity index (χ0v) is 13.2. The number of aromatic carboxylic acids is 1. The SMILES string of the molecule is CC(CO)C1CCC2(CC1)Cc1c(ON)ccc(C(=O)O)c1O2. The molecule has 0 amide bonds. The number of fused-ring (bicyclic) bond motifs is 1. The second-order valence-corrected chi connectivity index (χ2v) is 6.80. The lowest BCUT2D eigenvalue weighted by Gasteiger charge is -2.38. The molecule has 6 heteroatoms. The molecule has 1 atom stereocenters. The Morgan fingerprint density at radius 1 is 1.48 bits per heavy atom. The van der Waals surface area contributed by atoms with Crippen LogP contribution in [0.15, 0.2) is 12.1 Å². The van der Waals surface area contributed by atoms with Crippen LogP contribution in [-0.4, -0.2) is 28.4 Å². The summed E-state index contributed by atoms with van der Waals surface area (Å²) in [7, 11) is 0. The Labute approximate surface area is 135 Å². The molecular weight excluding hydrogens is 298 g/mol. The Morgan fingerprint density at radius 2 is 2.17 bits per heavy atom. The molecule has 23 heavy (non-hydrogen) atoms. The third-order valence-corrected chi connectivity index (χ3v) is 5.43. The van der Waals surface area contributed by atoms with Crippen LogP contribution >= 0.6 is 0 Å². The highest BCUT2D eigenvalue weighted by Gasteiger charge is 2.45. The number of hydrogen-bond donors (Lipinski definition) is 3. The molecule has 1 aromatic carbocycles. The molecule has 0 aromatic heterocycles. The third-order valence-electron chi connectivity index (χ3n) is 5.43. The van der Waals surface area contributed by atoms with Gasteiger partial charge in [-0.1, -0.05) is 6.92 Å². The smallest absolute Gasteiger partial charge is 0.339 e. The van der Waals surface area contributed by atoms with Crippen molar-refractivity contribution in [3.8, 4) is 11.5 Å². The van der Waals surface area contributed by atoms with Crippen LogP contribution in [0.4, 0.5) is 0 Å². The number of hydrogen-bond acceptors (Lipinski definition) is 5. The number of carboxylic acids is 1. The Balaban J connectivity index is 1.84. The maximum Gasteiger partial charge on any atom is 0.339 e. The highest BCUT2D eigenvalue weighted by molar-refractivity contribution is 5.92. The van der Waals surface area contributed by atoms with Crippen LogP contribution in [0.2, 0.25) is 0 Å². The number of carboxylic acid groups (broad SMARTS) is 1. The van der Waals surface area contributed by atoms with Gasteiger partial charge in [0.05, 0.1) is 0 Å². The van der Waals surface area contributed by atoms with E-state index in [9.17, 15) is 15.0 Å². The second kappa shape index (κ2) is 6.02. The molecular formula is C17H23NO5. The summed E-state index contributed by atoms with van der Waals surface area (Å²) in [5, 5.41) is 18.7. The lowest BCUT2D eigenvalue weighted by Crippen LogP contribution is -2.40. The zero-order valence-electron chi connectivity index (χ0n) is 13.2. The molecule has 1 heterocycles. The van der Waals surface area contributed by atoms with E-state index in [2.05, 4.69) is 6.92 Å². The summed E-state index contributed by atoms with van der Waals surface area (Å²) in [4.78, 5) is 16.3. The molecule has 1 aliphatic heterocycles. The van der Waals surface area contributed by atoms with Gasteiger partial charge in [0.25, 0.3) is 0 Å². The van der Waals surface area contributed by atoms with E-state index in [1.807, 2.05) is 0 Å². The highest BCUT2D eigenvalue weighted by atomic mass is 16.6. The molecule has 0 saturated heterocycles. The maximum atomic E-state index is 11.4. The fraction of sp³-hybridized carbons (Fsp3) is 0.588. The van der Waals surface area contributed by atoms with Crippen molar-refractivity contribution in [1.82, 2.24) is 0 Å².